The molecule has 2 fully saturated rings. The summed E-state index contributed by atoms with van der Waals surface area (Å²) in [6.45, 7) is 1.48. The van der Waals surface area contributed by atoms with E-state index in [0.717, 1.165) is 0 Å². The van der Waals surface area contributed by atoms with Gasteiger partial charge in [-0.05, 0) is 25.3 Å². The molecule has 0 atom stereocenters. The lowest BCUT2D eigenvalue weighted by molar-refractivity contribution is 0.204. The summed E-state index contributed by atoms with van der Waals surface area (Å²) in [4.78, 5) is 0. The number of rotatable bonds is 3. The van der Waals surface area contributed by atoms with Crippen LogP contribution in [0.25, 0.3) is 0 Å². The van der Waals surface area contributed by atoms with Gasteiger partial charge in [0.2, 0.25) is 10.0 Å². The number of hydrogen-bond donors (Lipinski definition) is 1. The van der Waals surface area contributed by atoms with E-state index in [-0.39, 0.29) is 30.3 Å². The van der Waals surface area contributed by atoms with Gasteiger partial charge in [0, 0.05) is 13.1 Å². The highest BCUT2D eigenvalue weighted by Gasteiger charge is 2.41. The highest BCUT2D eigenvalue weighted by Crippen LogP contribution is 2.27. The van der Waals surface area contributed by atoms with E-state index >= 15 is 0 Å². The van der Waals surface area contributed by atoms with Crippen molar-refractivity contribution in [1.82, 2.24) is 4.31 Å². The Morgan fingerprint density at radius 1 is 1.18 bits per heavy atom. The van der Waals surface area contributed by atoms with Crippen LogP contribution in [0.3, 0.4) is 0 Å². The molecule has 0 amide bonds. The van der Waals surface area contributed by atoms with Gasteiger partial charge in [-0.15, -0.1) is 0 Å². The number of sulfonamides is 1. The summed E-state index contributed by atoms with van der Waals surface area (Å²) in [5, 5.41) is -0.523. The zero-order valence-electron chi connectivity index (χ0n) is 9.58. The summed E-state index contributed by atoms with van der Waals surface area (Å²) in [6, 6.07) is 0. The molecule has 2 aliphatic heterocycles. The molecular weight excluding hydrogens is 264 g/mol. The second-order valence-corrected chi connectivity index (χ2v) is 9.33. The Hall–Kier alpha value is -0.180. The minimum Gasteiger partial charge on any atom is -0.330 e. The fourth-order valence-corrected chi connectivity index (χ4v) is 6.14. The number of sulfone groups is 1. The SMILES string of the molecule is NCC1CN(S(=O)(=O)C2CCS(=O)(=O)CC2)C1. The van der Waals surface area contributed by atoms with Gasteiger partial charge in [-0.2, -0.15) is 0 Å². The first-order chi connectivity index (χ1) is 7.85. The lowest BCUT2D eigenvalue weighted by Crippen LogP contribution is -2.55. The summed E-state index contributed by atoms with van der Waals surface area (Å²) in [5.41, 5.74) is 5.45. The van der Waals surface area contributed by atoms with Crippen molar-refractivity contribution in [3.63, 3.8) is 0 Å². The van der Waals surface area contributed by atoms with Gasteiger partial charge in [0.1, 0.15) is 9.84 Å². The second-order valence-electron chi connectivity index (χ2n) is 4.81. The predicted octanol–water partition coefficient (Wildman–Crippen LogP) is -1.22. The Morgan fingerprint density at radius 2 is 1.71 bits per heavy atom. The monoisotopic (exact) mass is 282 g/mol. The summed E-state index contributed by atoms with van der Waals surface area (Å²) in [6.07, 6.45) is 0.461. The fourth-order valence-electron chi connectivity index (χ4n) is 2.26. The van der Waals surface area contributed by atoms with E-state index in [2.05, 4.69) is 0 Å². The first kappa shape index (κ1) is 13.3. The van der Waals surface area contributed by atoms with Crippen molar-refractivity contribution in [3.8, 4) is 0 Å². The van der Waals surface area contributed by atoms with Crippen molar-refractivity contribution in [2.45, 2.75) is 18.1 Å². The van der Waals surface area contributed by atoms with Crippen molar-refractivity contribution >= 4 is 19.9 Å². The largest absolute Gasteiger partial charge is 0.330 e. The van der Waals surface area contributed by atoms with Crippen LogP contribution in [0.1, 0.15) is 12.8 Å². The highest BCUT2D eigenvalue weighted by atomic mass is 32.2. The van der Waals surface area contributed by atoms with E-state index in [0.29, 0.717) is 19.6 Å². The molecular formula is C9H18N2O4S2. The summed E-state index contributed by atoms with van der Waals surface area (Å²) >= 11 is 0. The number of hydrogen-bond acceptors (Lipinski definition) is 5. The third-order valence-corrected chi connectivity index (χ3v) is 7.59. The van der Waals surface area contributed by atoms with Crippen LogP contribution < -0.4 is 5.73 Å². The normalized spacial score (nSPS) is 27.8. The molecule has 2 rings (SSSR count). The maximum Gasteiger partial charge on any atom is 0.217 e. The van der Waals surface area contributed by atoms with Crippen LogP contribution in [0.2, 0.25) is 0 Å². The number of nitrogens with two attached hydrogens (primary N) is 1. The van der Waals surface area contributed by atoms with Gasteiger partial charge in [0.15, 0.2) is 0 Å². The van der Waals surface area contributed by atoms with Gasteiger partial charge >= 0.3 is 0 Å². The van der Waals surface area contributed by atoms with Gasteiger partial charge in [0.25, 0.3) is 0 Å². The van der Waals surface area contributed by atoms with Crippen LogP contribution in [0.4, 0.5) is 0 Å². The maximum absolute atomic E-state index is 12.1. The molecule has 2 aliphatic rings. The van der Waals surface area contributed by atoms with Crippen LogP contribution >= 0.6 is 0 Å². The maximum atomic E-state index is 12.1. The van der Waals surface area contributed by atoms with Crippen LogP contribution in [0.15, 0.2) is 0 Å². The zero-order chi connectivity index (χ0) is 12.7. The molecule has 2 heterocycles. The molecule has 0 radical (unpaired) electrons. The van der Waals surface area contributed by atoms with E-state index in [9.17, 15) is 16.8 Å². The quantitative estimate of drug-likeness (QED) is 0.700. The van der Waals surface area contributed by atoms with Gasteiger partial charge in [-0.25, -0.2) is 21.1 Å². The average Bonchev–Trinajstić information content (AvgIpc) is 2.14. The molecule has 0 aromatic carbocycles. The summed E-state index contributed by atoms with van der Waals surface area (Å²) in [7, 11) is -6.31. The van der Waals surface area contributed by atoms with E-state index in [4.69, 9.17) is 5.73 Å². The van der Waals surface area contributed by atoms with Crippen molar-refractivity contribution < 1.29 is 16.8 Å². The van der Waals surface area contributed by atoms with E-state index in [1.54, 1.807) is 0 Å². The lowest BCUT2D eigenvalue weighted by Gasteiger charge is -2.40. The minimum atomic E-state index is -3.31. The molecule has 17 heavy (non-hydrogen) atoms. The van der Waals surface area contributed by atoms with Gasteiger partial charge in [-0.1, -0.05) is 0 Å². The third kappa shape index (κ3) is 2.64. The Kier molecular flexibility index (Phi) is 3.50. The number of nitrogens with zero attached hydrogens (tertiary/aromatic N) is 1. The molecule has 0 bridgehead atoms. The molecule has 0 unspecified atom stereocenters. The molecule has 8 heteroatoms. The molecule has 2 saturated heterocycles. The van der Waals surface area contributed by atoms with Crippen LogP contribution in [-0.4, -0.2) is 57.5 Å². The Bertz CT molecular complexity index is 465. The highest BCUT2D eigenvalue weighted by molar-refractivity contribution is 7.92. The molecule has 0 spiro atoms. The molecule has 0 aromatic rings. The second kappa shape index (κ2) is 4.49. The van der Waals surface area contributed by atoms with Crippen LogP contribution in [0, 0.1) is 5.92 Å². The van der Waals surface area contributed by atoms with Gasteiger partial charge < -0.3 is 5.73 Å². The molecule has 0 aromatic heterocycles. The third-order valence-electron chi connectivity index (χ3n) is 3.54. The van der Waals surface area contributed by atoms with E-state index < -0.39 is 25.1 Å². The minimum absolute atomic E-state index is 0.00887. The van der Waals surface area contributed by atoms with Gasteiger partial charge in [-0.3, -0.25) is 0 Å². The standard InChI is InChI=1S/C9H18N2O4S2/c10-5-8-6-11(7-8)17(14,15)9-1-3-16(12,13)4-2-9/h8-9H,1-7,10H2. The smallest absolute Gasteiger partial charge is 0.217 e. The summed E-state index contributed by atoms with van der Waals surface area (Å²) < 4.78 is 48.2. The first-order valence-corrected chi connectivity index (χ1v) is 9.07. The Labute approximate surface area is 102 Å². The van der Waals surface area contributed by atoms with Crippen LogP contribution in [-0.2, 0) is 19.9 Å². The molecule has 0 aliphatic carbocycles. The topological polar surface area (TPSA) is 97.5 Å². The zero-order valence-corrected chi connectivity index (χ0v) is 11.2. The molecule has 100 valence electrons. The fraction of sp³-hybridized carbons (Fsp3) is 1.00. The molecule has 0 saturated carbocycles. The summed E-state index contributed by atoms with van der Waals surface area (Å²) in [5.74, 6) is 0.243. The average molecular weight is 282 g/mol. The lowest BCUT2D eigenvalue weighted by atomic mass is 10.0. The van der Waals surface area contributed by atoms with E-state index in [1.165, 1.54) is 4.31 Å². The van der Waals surface area contributed by atoms with Crippen molar-refractivity contribution in [2.24, 2.45) is 11.7 Å². The van der Waals surface area contributed by atoms with Crippen molar-refractivity contribution in [2.75, 3.05) is 31.1 Å². The molecule has 6 nitrogen and oxygen atoms in total. The first-order valence-electron chi connectivity index (χ1n) is 5.74. The molecule has 2 N–H and O–H groups in total. The van der Waals surface area contributed by atoms with Crippen molar-refractivity contribution in [3.05, 3.63) is 0 Å². The Morgan fingerprint density at radius 3 is 2.18 bits per heavy atom. The predicted molar refractivity (Wildman–Crippen MR) is 64.7 cm³/mol. The van der Waals surface area contributed by atoms with E-state index in [1.807, 2.05) is 0 Å². The van der Waals surface area contributed by atoms with Crippen LogP contribution in [0.5, 0.6) is 0 Å². The Balaban J connectivity index is 1.99. The van der Waals surface area contributed by atoms with Crippen molar-refractivity contribution in [1.29, 1.82) is 0 Å². The van der Waals surface area contributed by atoms with Gasteiger partial charge in [0.05, 0.1) is 16.8 Å².